The molecule has 116 valence electrons. The van der Waals surface area contributed by atoms with Gasteiger partial charge in [0, 0.05) is 11.8 Å². The molecule has 7 heteroatoms. The zero-order chi connectivity index (χ0) is 15.8. The molecular formula is C15H16N2O4S. The molecule has 0 aliphatic rings. The van der Waals surface area contributed by atoms with E-state index in [4.69, 9.17) is 9.84 Å². The van der Waals surface area contributed by atoms with Crippen molar-refractivity contribution < 1.29 is 19.4 Å². The second-order valence-electron chi connectivity index (χ2n) is 4.53. The van der Waals surface area contributed by atoms with Gasteiger partial charge in [-0.25, -0.2) is 4.98 Å². The minimum absolute atomic E-state index is 0.142. The van der Waals surface area contributed by atoms with Crippen LogP contribution in [0.3, 0.4) is 0 Å². The Kier molecular flexibility index (Phi) is 5.91. The SMILES string of the molecule is O=C(O)Cc1csc(NC(=O)CCCOc2ccccc2)n1. The Bertz CT molecular complexity index is 627. The third-order valence-corrected chi connectivity index (χ3v) is 3.50. The lowest BCUT2D eigenvalue weighted by molar-refractivity contribution is -0.136. The third kappa shape index (κ3) is 5.53. The molecule has 0 atom stereocenters. The molecule has 1 aromatic carbocycles. The fraction of sp³-hybridized carbons (Fsp3) is 0.267. The third-order valence-electron chi connectivity index (χ3n) is 2.69. The number of carboxylic acid groups (broad SMARTS) is 1. The monoisotopic (exact) mass is 320 g/mol. The van der Waals surface area contributed by atoms with Gasteiger partial charge in [-0.15, -0.1) is 11.3 Å². The van der Waals surface area contributed by atoms with Gasteiger partial charge in [0.05, 0.1) is 18.7 Å². The van der Waals surface area contributed by atoms with Gasteiger partial charge >= 0.3 is 5.97 Å². The molecule has 2 aromatic rings. The molecule has 0 bridgehead atoms. The van der Waals surface area contributed by atoms with Crippen LogP contribution < -0.4 is 10.1 Å². The fourth-order valence-electron chi connectivity index (χ4n) is 1.72. The number of nitrogens with zero attached hydrogens (tertiary/aromatic N) is 1. The molecule has 1 aromatic heterocycles. The number of rotatable bonds is 8. The van der Waals surface area contributed by atoms with Crippen molar-refractivity contribution in [3.8, 4) is 5.75 Å². The number of benzene rings is 1. The van der Waals surface area contributed by atoms with Crippen LogP contribution >= 0.6 is 11.3 Å². The van der Waals surface area contributed by atoms with Crippen molar-refractivity contribution in [1.82, 2.24) is 4.98 Å². The zero-order valence-corrected chi connectivity index (χ0v) is 12.6. The second-order valence-corrected chi connectivity index (χ2v) is 5.39. The van der Waals surface area contributed by atoms with Gasteiger partial charge in [-0.2, -0.15) is 0 Å². The van der Waals surface area contributed by atoms with Crippen LogP contribution in [0.15, 0.2) is 35.7 Å². The average molecular weight is 320 g/mol. The van der Waals surface area contributed by atoms with Crippen LogP contribution in [-0.2, 0) is 16.0 Å². The number of carbonyl (C=O) groups excluding carboxylic acids is 1. The van der Waals surface area contributed by atoms with Gasteiger partial charge in [-0.3, -0.25) is 9.59 Å². The molecule has 2 rings (SSSR count). The highest BCUT2D eigenvalue weighted by Crippen LogP contribution is 2.16. The molecule has 0 spiro atoms. The van der Waals surface area contributed by atoms with Crippen molar-refractivity contribution in [3.63, 3.8) is 0 Å². The van der Waals surface area contributed by atoms with E-state index in [9.17, 15) is 9.59 Å². The normalized spacial score (nSPS) is 10.2. The van der Waals surface area contributed by atoms with E-state index in [1.54, 1.807) is 5.38 Å². The van der Waals surface area contributed by atoms with E-state index >= 15 is 0 Å². The summed E-state index contributed by atoms with van der Waals surface area (Å²) in [5.41, 5.74) is 0.445. The highest BCUT2D eigenvalue weighted by molar-refractivity contribution is 7.13. The number of hydrogen-bond donors (Lipinski definition) is 2. The van der Waals surface area contributed by atoms with E-state index in [-0.39, 0.29) is 12.3 Å². The van der Waals surface area contributed by atoms with Gasteiger partial charge in [-0.05, 0) is 18.6 Å². The van der Waals surface area contributed by atoms with Crippen molar-refractivity contribution in [1.29, 1.82) is 0 Å². The summed E-state index contributed by atoms with van der Waals surface area (Å²) in [6, 6.07) is 9.41. The summed E-state index contributed by atoms with van der Waals surface area (Å²) in [5.74, 6) is -0.324. The van der Waals surface area contributed by atoms with Crippen LogP contribution in [0.1, 0.15) is 18.5 Å². The summed E-state index contributed by atoms with van der Waals surface area (Å²) in [4.78, 5) is 26.3. The van der Waals surface area contributed by atoms with Crippen LogP contribution in [0.2, 0.25) is 0 Å². The first-order valence-corrected chi connectivity index (χ1v) is 7.65. The topological polar surface area (TPSA) is 88.5 Å². The van der Waals surface area contributed by atoms with E-state index in [2.05, 4.69) is 10.3 Å². The first-order chi connectivity index (χ1) is 10.6. The molecular weight excluding hydrogens is 304 g/mol. The van der Waals surface area contributed by atoms with Crippen molar-refractivity contribution in [2.24, 2.45) is 0 Å². The molecule has 0 radical (unpaired) electrons. The minimum atomic E-state index is -0.943. The Morgan fingerprint density at radius 2 is 2.05 bits per heavy atom. The molecule has 0 unspecified atom stereocenters. The van der Waals surface area contributed by atoms with Crippen molar-refractivity contribution in [2.75, 3.05) is 11.9 Å². The highest BCUT2D eigenvalue weighted by Gasteiger charge is 2.09. The Hall–Kier alpha value is -2.41. The summed E-state index contributed by atoms with van der Waals surface area (Å²) in [7, 11) is 0. The smallest absolute Gasteiger partial charge is 0.309 e. The number of anilines is 1. The molecule has 0 saturated heterocycles. The number of aliphatic carboxylic acids is 1. The maximum atomic E-state index is 11.7. The number of nitrogens with one attached hydrogen (secondary N) is 1. The van der Waals surface area contributed by atoms with Crippen molar-refractivity contribution in [3.05, 3.63) is 41.4 Å². The lowest BCUT2D eigenvalue weighted by atomic mass is 10.3. The molecule has 0 aliphatic carbocycles. The first-order valence-electron chi connectivity index (χ1n) is 6.77. The molecule has 22 heavy (non-hydrogen) atoms. The second kappa shape index (κ2) is 8.14. The highest BCUT2D eigenvalue weighted by atomic mass is 32.1. The number of carbonyl (C=O) groups is 2. The quantitative estimate of drug-likeness (QED) is 0.730. The van der Waals surface area contributed by atoms with Crippen LogP contribution in [0.5, 0.6) is 5.75 Å². The molecule has 2 N–H and O–H groups in total. The average Bonchev–Trinajstić information content (AvgIpc) is 2.91. The van der Waals surface area contributed by atoms with E-state index in [0.717, 1.165) is 5.75 Å². The van der Waals surface area contributed by atoms with Gasteiger partial charge in [0.1, 0.15) is 5.75 Å². The predicted molar refractivity (Wildman–Crippen MR) is 83.3 cm³/mol. The number of thiazole rings is 1. The molecule has 1 amide bonds. The van der Waals surface area contributed by atoms with Crippen LogP contribution in [0.25, 0.3) is 0 Å². The molecule has 0 aliphatic heterocycles. The number of amides is 1. The lowest BCUT2D eigenvalue weighted by Gasteiger charge is -2.05. The summed E-state index contributed by atoms with van der Waals surface area (Å²) >= 11 is 1.22. The molecule has 1 heterocycles. The zero-order valence-electron chi connectivity index (χ0n) is 11.8. The fourth-order valence-corrected chi connectivity index (χ4v) is 2.45. The number of ether oxygens (including phenoxy) is 1. The summed E-state index contributed by atoms with van der Waals surface area (Å²) < 4.78 is 5.50. The maximum Gasteiger partial charge on any atom is 0.309 e. The molecule has 0 saturated carbocycles. The predicted octanol–water partition coefficient (Wildman–Crippen LogP) is 2.57. The van der Waals surface area contributed by atoms with Gasteiger partial charge in [0.2, 0.25) is 5.91 Å². The first kappa shape index (κ1) is 16.0. The van der Waals surface area contributed by atoms with E-state index in [0.29, 0.717) is 30.3 Å². The Morgan fingerprint density at radius 1 is 1.27 bits per heavy atom. The van der Waals surface area contributed by atoms with Crippen LogP contribution in [0.4, 0.5) is 5.13 Å². The van der Waals surface area contributed by atoms with Crippen molar-refractivity contribution >= 4 is 28.3 Å². The van der Waals surface area contributed by atoms with Gasteiger partial charge in [0.15, 0.2) is 5.13 Å². The largest absolute Gasteiger partial charge is 0.494 e. The van der Waals surface area contributed by atoms with Crippen LogP contribution in [-0.4, -0.2) is 28.6 Å². The maximum absolute atomic E-state index is 11.7. The standard InChI is InChI=1S/C15H16N2O4S/c18-13(7-4-8-21-12-5-2-1-3-6-12)17-15-16-11(10-22-15)9-14(19)20/h1-3,5-6,10H,4,7-9H2,(H,19,20)(H,16,17,18). The summed E-state index contributed by atoms with van der Waals surface area (Å²) in [6.07, 6.45) is 0.770. The lowest BCUT2D eigenvalue weighted by Crippen LogP contribution is -2.13. The van der Waals surface area contributed by atoms with E-state index < -0.39 is 5.97 Å². The van der Waals surface area contributed by atoms with Gasteiger partial charge in [-0.1, -0.05) is 18.2 Å². The van der Waals surface area contributed by atoms with Crippen molar-refractivity contribution in [2.45, 2.75) is 19.3 Å². The minimum Gasteiger partial charge on any atom is -0.494 e. The van der Waals surface area contributed by atoms with Gasteiger partial charge < -0.3 is 15.2 Å². The summed E-state index contributed by atoms with van der Waals surface area (Å²) in [6.45, 7) is 0.458. The number of hydrogen-bond acceptors (Lipinski definition) is 5. The summed E-state index contributed by atoms with van der Waals surface area (Å²) in [5, 5.41) is 13.4. The Morgan fingerprint density at radius 3 is 2.77 bits per heavy atom. The van der Waals surface area contributed by atoms with E-state index in [1.807, 2.05) is 30.3 Å². The molecule has 0 fully saturated rings. The van der Waals surface area contributed by atoms with Crippen LogP contribution in [0, 0.1) is 0 Å². The van der Waals surface area contributed by atoms with E-state index in [1.165, 1.54) is 11.3 Å². The van der Waals surface area contributed by atoms with Gasteiger partial charge in [0.25, 0.3) is 0 Å². The number of aromatic nitrogens is 1. The molecule has 6 nitrogen and oxygen atoms in total. The number of para-hydroxylation sites is 1. The number of carboxylic acids is 1. The Balaban J connectivity index is 1.67. The Labute approximate surface area is 131 Å².